The summed E-state index contributed by atoms with van der Waals surface area (Å²) in [6, 6.07) is 7.90. The van der Waals surface area contributed by atoms with Gasteiger partial charge in [0, 0.05) is 25.3 Å². The maximum Gasteiger partial charge on any atom is 0.310 e. The Hall–Kier alpha value is -2.90. The molecule has 2 heterocycles. The first kappa shape index (κ1) is 23.3. The molecule has 0 radical (unpaired) electrons. The number of carbonyl (C=O) groups is 4. The van der Waals surface area contributed by atoms with Crippen molar-refractivity contribution in [3.63, 3.8) is 0 Å². The zero-order chi connectivity index (χ0) is 23.4. The average Bonchev–Trinajstić information content (AvgIpc) is 3.30. The van der Waals surface area contributed by atoms with Crippen LogP contribution in [0.2, 0.25) is 0 Å². The van der Waals surface area contributed by atoms with E-state index in [-0.39, 0.29) is 30.3 Å². The minimum absolute atomic E-state index is 0.0159. The van der Waals surface area contributed by atoms with E-state index in [0.29, 0.717) is 45.3 Å². The number of methoxy groups -OCH3 is 1. The van der Waals surface area contributed by atoms with Gasteiger partial charge in [0.1, 0.15) is 0 Å². The number of esters is 2. The highest BCUT2D eigenvalue weighted by molar-refractivity contribution is 5.99. The van der Waals surface area contributed by atoms with E-state index < -0.39 is 17.8 Å². The molecule has 0 N–H and O–H groups in total. The van der Waals surface area contributed by atoms with Crippen LogP contribution in [-0.4, -0.2) is 62.0 Å². The van der Waals surface area contributed by atoms with Gasteiger partial charge in [-0.05, 0) is 43.7 Å². The molecule has 2 fully saturated rings. The van der Waals surface area contributed by atoms with Crippen molar-refractivity contribution < 1.29 is 28.7 Å². The highest BCUT2D eigenvalue weighted by Crippen LogP contribution is 2.36. The number of rotatable bonds is 5. The fourth-order valence-corrected chi connectivity index (χ4v) is 5.34. The molecule has 2 unspecified atom stereocenters. The van der Waals surface area contributed by atoms with E-state index in [0.717, 1.165) is 30.5 Å². The minimum Gasteiger partial charge on any atom is -0.469 e. The smallest absolute Gasteiger partial charge is 0.310 e. The summed E-state index contributed by atoms with van der Waals surface area (Å²) >= 11 is 0. The number of benzene rings is 1. The minimum atomic E-state index is -0.517. The number of nitrogens with zero attached hydrogens (tertiary/aromatic N) is 2. The molecule has 8 heteroatoms. The molecule has 2 atom stereocenters. The molecule has 0 bridgehead atoms. The van der Waals surface area contributed by atoms with Crippen molar-refractivity contribution >= 4 is 29.4 Å². The Labute approximate surface area is 194 Å². The fraction of sp³-hybridized carbons (Fsp3) is 0.600. The number of fused-ring (bicyclic) bond motifs is 1. The first-order valence-electron chi connectivity index (χ1n) is 11.9. The Kier molecular flexibility index (Phi) is 7.30. The zero-order valence-electron chi connectivity index (χ0n) is 19.2. The van der Waals surface area contributed by atoms with Crippen molar-refractivity contribution in [3.8, 4) is 0 Å². The van der Waals surface area contributed by atoms with Crippen LogP contribution in [-0.2, 0) is 35.1 Å². The first-order chi connectivity index (χ1) is 16.0. The van der Waals surface area contributed by atoms with Crippen LogP contribution in [0.1, 0.15) is 44.1 Å². The van der Waals surface area contributed by atoms with Crippen LogP contribution < -0.4 is 4.90 Å². The van der Waals surface area contributed by atoms with Crippen LogP contribution >= 0.6 is 0 Å². The molecule has 1 saturated carbocycles. The predicted octanol–water partition coefficient (Wildman–Crippen LogP) is 2.34. The largest absolute Gasteiger partial charge is 0.469 e. The van der Waals surface area contributed by atoms with E-state index in [1.807, 2.05) is 29.2 Å². The SMILES string of the molecule is COC(=O)C1CCN(C(=O)COC(=O)C2CCCCC2C(=O)N2CCc3ccccc32)CC1. The number of amides is 2. The van der Waals surface area contributed by atoms with Crippen molar-refractivity contribution in [2.45, 2.75) is 44.9 Å². The average molecular weight is 457 g/mol. The maximum atomic E-state index is 13.4. The molecular weight excluding hydrogens is 424 g/mol. The molecule has 3 aliphatic rings. The Balaban J connectivity index is 1.32. The van der Waals surface area contributed by atoms with Gasteiger partial charge in [0.25, 0.3) is 5.91 Å². The van der Waals surface area contributed by atoms with Gasteiger partial charge in [-0.25, -0.2) is 0 Å². The standard InChI is InChI=1S/C25H32N2O6/c1-32-24(30)18-10-13-26(14-11-18)22(28)16-33-25(31)20-8-4-3-7-19(20)23(29)27-15-12-17-6-2-5-9-21(17)27/h2,5-6,9,18-20H,3-4,7-8,10-16H2,1H3. The summed E-state index contributed by atoms with van der Waals surface area (Å²) in [6.45, 7) is 1.19. The van der Waals surface area contributed by atoms with Crippen LogP contribution in [0, 0.1) is 17.8 Å². The Morgan fingerprint density at radius 2 is 1.61 bits per heavy atom. The first-order valence-corrected chi connectivity index (χ1v) is 11.9. The van der Waals surface area contributed by atoms with Crippen molar-refractivity contribution in [3.05, 3.63) is 29.8 Å². The van der Waals surface area contributed by atoms with E-state index in [1.54, 1.807) is 4.90 Å². The summed E-state index contributed by atoms with van der Waals surface area (Å²) < 4.78 is 10.2. The summed E-state index contributed by atoms with van der Waals surface area (Å²) in [5.74, 6) is -2.11. The molecule has 2 aliphatic heterocycles. The number of likely N-dealkylation sites (tertiary alicyclic amines) is 1. The summed E-state index contributed by atoms with van der Waals surface area (Å²) in [5.41, 5.74) is 2.09. The molecule has 1 aliphatic carbocycles. The number of ether oxygens (including phenoxy) is 2. The molecule has 178 valence electrons. The molecule has 0 aromatic heterocycles. The third-order valence-electron chi connectivity index (χ3n) is 7.26. The van der Waals surface area contributed by atoms with Crippen LogP contribution in [0.4, 0.5) is 5.69 Å². The molecule has 4 rings (SSSR count). The quantitative estimate of drug-likeness (QED) is 0.632. The fourth-order valence-electron chi connectivity index (χ4n) is 5.34. The van der Waals surface area contributed by atoms with Crippen LogP contribution in [0.5, 0.6) is 0 Å². The van der Waals surface area contributed by atoms with E-state index in [4.69, 9.17) is 9.47 Å². The predicted molar refractivity (Wildman–Crippen MR) is 120 cm³/mol. The van der Waals surface area contributed by atoms with Gasteiger partial charge in [0.05, 0.1) is 24.9 Å². The van der Waals surface area contributed by atoms with Gasteiger partial charge < -0.3 is 19.3 Å². The molecule has 1 aromatic carbocycles. The molecule has 33 heavy (non-hydrogen) atoms. The second-order valence-electron chi connectivity index (χ2n) is 9.15. The van der Waals surface area contributed by atoms with Crippen molar-refractivity contribution in [2.24, 2.45) is 17.8 Å². The van der Waals surface area contributed by atoms with Gasteiger partial charge in [-0.2, -0.15) is 0 Å². The Morgan fingerprint density at radius 3 is 2.33 bits per heavy atom. The van der Waals surface area contributed by atoms with Crippen LogP contribution in [0.15, 0.2) is 24.3 Å². The van der Waals surface area contributed by atoms with Gasteiger partial charge in [0.2, 0.25) is 5.91 Å². The third-order valence-corrected chi connectivity index (χ3v) is 7.26. The van der Waals surface area contributed by atoms with Crippen molar-refractivity contribution in [1.82, 2.24) is 4.90 Å². The number of hydrogen-bond acceptors (Lipinski definition) is 6. The van der Waals surface area contributed by atoms with Gasteiger partial charge >= 0.3 is 11.9 Å². The zero-order valence-corrected chi connectivity index (χ0v) is 19.2. The van der Waals surface area contributed by atoms with E-state index >= 15 is 0 Å². The lowest BCUT2D eigenvalue weighted by molar-refractivity contribution is -0.160. The number of carbonyl (C=O) groups excluding carboxylic acids is 4. The van der Waals surface area contributed by atoms with Crippen molar-refractivity contribution in [2.75, 3.05) is 38.3 Å². The van der Waals surface area contributed by atoms with Crippen LogP contribution in [0.3, 0.4) is 0 Å². The Bertz CT molecular complexity index is 908. The monoisotopic (exact) mass is 456 g/mol. The number of hydrogen-bond donors (Lipinski definition) is 0. The summed E-state index contributed by atoms with van der Waals surface area (Å²) in [7, 11) is 1.37. The summed E-state index contributed by atoms with van der Waals surface area (Å²) in [4.78, 5) is 53.9. The second-order valence-corrected chi connectivity index (χ2v) is 9.15. The second kappa shape index (κ2) is 10.4. The van der Waals surface area contributed by atoms with Gasteiger partial charge in [0.15, 0.2) is 6.61 Å². The normalized spacial score (nSPS) is 23.1. The highest BCUT2D eigenvalue weighted by Gasteiger charge is 2.40. The van der Waals surface area contributed by atoms with Crippen LogP contribution in [0.25, 0.3) is 0 Å². The topological polar surface area (TPSA) is 93.2 Å². The summed E-state index contributed by atoms with van der Waals surface area (Å²) in [5, 5.41) is 0. The molecule has 8 nitrogen and oxygen atoms in total. The maximum absolute atomic E-state index is 13.4. The molecule has 2 amide bonds. The van der Waals surface area contributed by atoms with E-state index in [1.165, 1.54) is 7.11 Å². The van der Waals surface area contributed by atoms with E-state index in [2.05, 4.69) is 0 Å². The number of piperidine rings is 1. The summed E-state index contributed by atoms with van der Waals surface area (Å²) in [6.07, 6.45) is 4.95. The lowest BCUT2D eigenvalue weighted by atomic mass is 9.78. The van der Waals surface area contributed by atoms with Gasteiger partial charge in [-0.1, -0.05) is 31.0 Å². The molecule has 1 saturated heterocycles. The molecular formula is C25H32N2O6. The van der Waals surface area contributed by atoms with Crippen molar-refractivity contribution in [1.29, 1.82) is 0 Å². The lowest BCUT2D eigenvalue weighted by Crippen LogP contribution is -2.44. The van der Waals surface area contributed by atoms with Gasteiger partial charge in [-0.3, -0.25) is 19.2 Å². The van der Waals surface area contributed by atoms with Gasteiger partial charge in [-0.15, -0.1) is 0 Å². The number of anilines is 1. The molecule has 0 spiro atoms. The highest BCUT2D eigenvalue weighted by atomic mass is 16.5. The third kappa shape index (κ3) is 5.04. The Morgan fingerprint density at radius 1 is 0.909 bits per heavy atom. The number of para-hydroxylation sites is 1. The van der Waals surface area contributed by atoms with E-state index in [9.17, 15) is 19.2 Å². The molecule has 1 aromatic rings. The lowest BCUT2D eigenvalue weighted by Gasteiger charge is -2.33.